The van der Waals surface area contributed by atoms with E-state index in [2.05, 4.69) is 25.1 Å². The molecule has 0 heterocycles. The van der Waals surface area contributed by atoms with Crippen LogP contribution in [-0.2, 0) is 39.8 Å². The lowest BCUT2D eigenvalue weighted by molar-refractivity contribution is -0.153. The quantitative estimate of drug-likeness (QED) is 0.186. The van der Waals surface area contributed by atoms with E-state index in [-0.39, 0.29) is 46.2 Å². The summed E-state index contributed by atoms with van der Waals surface area (Å²) in [6, 6.07) is 7.98. The molecule has 0 aliphatic carbocycles. The predicted octanol–water partition coefficient (Wildman–Crippen LogP) is 3.35. The maximum absolute atomic E-state index is 12.3. The molecule has 4 atom stereocenters. The molecule has 0 spiro atoms. The third-order valence-electron chi connectivity index (χ3n) is 5.01. The molecule has 0 saturated heterocycles. The Hall–Kier alpha value is -3.02. The Kier molecular flexibility index (Phi) is 16.7. The molecule has 1 amide bonds. The number of aliphatic hydroxyl groups is 1. The minimum absolute atomic E-state index is 0.0275. The van der Waals surface area contributed by atoms with Crippen LogP contribution in [0.4, 0.5) is 4.79 Å². The zero-order chi connectivity index (χ0) is 29.2. The van der Waals surface area contributed by atoms with Gasteiger partial charge in [0.05, 0.1) is 46.8 Å². The number of hydrogen-bond acceptors (Lipinski definition) is 9. The zero-order valence-corrected chi connectivity index (χ0v) is 23.5. The highest BCUT2D eigenvalue weighted by atomic mass is 16.6. The molecule has 1 rings (SSSR count). The van der Waals surface area contributed by atoms with Gasteiger partial charge in [0, 0.05) is 0 Å². The van der Waals surface area contributed by atoms with Gasteiger partial charge >= 0.3 is 12.1 Å². The molecule has 1 aromatic rings. The molecule has 0 aromatic heterocycles. The number of amides is 1. The minimum atomic E-state index is -1.14. The van der Waals surface area contributed by atoms with E-state index in [9.17, 15) is 14.7 Å². The number of carbonyl (C=O) groups excluding carboxylic acids is 2. The largest absolute Gasteiger partial charge is 0.467 e. The summed E-state index contributed by atoms with van der Waals surface area (Å²) in [5, 5.41) is 13.3. The van der Waals surface area contributed by atoms with Gasteiger partial charge in [-0.2, -0.15) is 0 Å². The van der Waals surface area contributed by atoms with Crippen molar-refractivity contribution in [2.24, 2.45) is 0 Å². The monoisotopic (exact) mass is 549 g/mol. The first-order valence-electron chi connectivity index (χ1n) is 12.6. The summed E-state index contributed by atoms with van der Waals surface area (Å²) in [7, 11) is 1.20. The molecular formula is C29H43NO9. The lowest BCUT2D eigenvalue weighted by atomic mass is 10.1. The number of rotatable bonds is 20. The number of nitrogens with one attached hydrogen (secondary N) is 1. The fourth-order valence-electron chi connectivity index (χ4n) is 3.16. The summed E-state index contributed by atoms with van der Waals surface area (Å²) in [5.41, 5.74) is 3.10. The van der Waals surface area contributed by atoms with Crippen molar-refractivity contribution in [2.45, 2.75) is 51.7 Å². The van der Waals surface area contributed by atoms with Gasteiger partial charge in [-0.3, -0.25) is 0 Å². The fourth-order valence-corrected chi connectivity index (χ4v) is 3.16. The van der Waals surface area contributed by atoms with E-state index >= 15 is 0 Å². The first kappa shape index (κ1) is 34.0. The molecule has 1 aromatic carbocycles. The van der Waals surface area contributed by atoms with Crippen LogP contribution >= 0.6 is 0 Å². The Balaban J connectivity index is 2.86. The van der Waals surface area contributed by atoms with E-state index in [1.807, 2.05) is 37.3 Å². The predicted molar refractivity (Wildman–Crippen MR) is 147 cm³/mol. The summed E-state index contributed by atoms with van der Waals surface area (Å²) in [4.78, 5) is 24.6. The van der Waals surface area contributed by atoms with Crippen LogP contribution in [0.15, 0.2) is 66.8 Å². The number of aliphatic hydroxyl groups excluding tert-OH is 1. The fraction of sp³-hybridized carbons (Fsp3) is 0.517. The lowest BCUT2D eigenvalue weighted by Gasteiger charge is -2.31. The summed E-state index contributed by atoms with van der Waals surface area (Å²) in [5.74, 6) is -0.714. The average molecular weight is 550 g/mol. The van der Waals surface area contributed by atoms with Gasteiger partial charge < -0.3 is 38.8 Å². The molecule has 0 aliphatic rings. The van der Waals surface area contributed by atoms with Crippen LogP contribution in [0.25, 0.3) is 0 Å². The van der Waals surface area contributed by atoms with Crippen LogP contribution in [0.5, 0.6) is 0 Å². The number of esters is 1. The topological polar surface area (TPSA) is 122 Å². The van der Waals surface area contributed by atoms with E-state index < -0.39 is 36.4 Å². The average Bonchev–Trinajstić information content (AvgIpc) is 2.89. The van der Waals surface area contributed by atoms with E-state index in [4.69, 9.17) is 28.4 Å². The Morgan fingerprint density at radius 1 is 0.872 bits per heavy atom. The molecule has 10 nitrogen and oxygen atoms in total. The molecule has 0 fully saturated rings. The number of benzene rings is 1. The molecule has 2 N–H and O–H groups in total. The van der Waals surface area contributed by atoms with Crippen LogP contribution < -0.4 is 5.32 Å². The van der Waals surface area contributed by atoms with E-state index in [0.717, 1.165) is 22.3 Å². The molecule has 218 valence electrons. The Morgan fingerprint density at radius 3 is 2.08 bits per heavy atom. The van der Waals surface area contributed by atoms with Gasteiger partial charge in [0.15, 0.2) is 6.04 Å². The lowest BCUT2D eigenvalue weighted by Crippen LogP contribution is -2.48. The van der Waals surface area contributed by atoms with Crippen molar-refractivity contribution >= 4 is 12.1 Å². The number of methoxy groups -OCH3 is 1. The highest BCUT2D eigenvalue weighted by Crippen LogP contribution is 2.14. The molecule has 1 unspecified atom stereocenters. The van der Waals surface area contributed by atoms with Crippen molar-refractivity contribution in [3.63, 3.8) is 0 Å². The summed E-state index contributed by atoms with van der Waals surface area (Å²) in [6.45, 7) is 17.2. The maximum atomic E-state index is 12.3. The van der Waals surface area contributed by atoms with Crippen LogP contribution in [0.2, 0.25) is 0 Å². The summed E-state index contributed by atoms with van der Waals surface area (Å²) < 4.78 is 33.1. The molecule has 0 radical (unpaired) electrons. The minimum Gasteiger partial charge on any atom is -0.467 e. The van der Waals surface area contributed by atoms with Crippen molar-refractivity contribution in [1.82, 2.24) is 5.32 Å². The van der Waals surface area contributed by atoms with Crippen LogP contribution in [-0.4, -0.2) is 88.3 Å². The molecule has 39 heavy (non-hydrogen) atoms. The normalized spacial score (nSPS) is 14.0. The number of alkyl carbamates (subject to hydrolysis) is 1. The van der Waals surface area contributed by atoms with Crippen LogP contribution in [0, 0.1) is 0 Å². The number of ether oxygens (including phenoxy) is 6. The Labute approximate surface area is 231 Å². The first-order chi connectivity index (χ1) is 18.5. The number of hydrogen-bond donors (Lipinski definition) is 2. The first-order valence-corrected chi connectivity index (χ1v) is 12.6. The molecule has 0 aliphatic heterocycles. The van der Waals surface area contributed by atoms with Gasteiger partial charge in [0.25, 0.3) is 0 Å². The Morgan fingerprint density at radius 2 is 1.49 bits per heavy atom. The van der Waals surface area contributed by atoms with Crippen LogP contribution in [0.3, 0.4) is 0 Å². The third kappa shape index (κ3) is 15.2. The van der Waals surface area contributed by atoms with Gasteiger partial charge in [0.2, 0.25) is 0 Å². The zero-order valence-electron chi connectivity index (χ0n) is 23.5. The smallest absolute Gasteiger partial charge is 0.408 e. The summed E-state index contributed by atoms with van der Waals surface area (Å²) >= 11 is 0. The van der Waals surface area contributed by atoms with Gasteiger partial charge in [-0.1, -0.05) is 66.8 Å². The van der Waals surface area contributed by atoms with E-state index in [1.165, 1.54) is 7.11 Å². The maximum Gasteiger partial charge on any atom is 0.408 e. The highest BCUT2D eigenvalue weighted by Gasteiger charge is 2.32. The van der Waals surface area contributed by atoms with Crippen molar-refractivity contribution in [2.75, 3.05) is 46.8 Å². The molecule has 0 saturated carbocycles. The van der Waals surface area contributed by atoms with Gasteiger partial charge in [-0.05, 0) is 26.3 Å². The highest BCUT2D eigenvalue weighted by molar-refractivity contribution is 5.81. The summed E-state index contributed by atoms with van der Waals surface area (Å²) in [6.07, 6.45) is -3.50. The second kappa shape index (κ2) is 19.1. The number of carbonyl (C=O) groups is 2. The molecular weight excluding hydrogens is 506 g/mol. The van der Waals surface area contributed by atoms with Crippen LogP contribution in [0.1, 0.15) is 26.3 Å². The van der Waals surface area contributed by atoms with Crippen molar-refractivity contribution < 1.29 is 43.1 Å². The standard InChI is InChI=1S/C29H43NO9/c1-20(2)13-35-18-25(31)27(38-15-22(5)6)26(37-14-21(3)4)19-36-17-24(28(32)34-7)30-29(33)39-16-23-11-9-8-10-12-23/h8-12,24-27,31H,1,3,5,13-19H2,2,4,6-7H3,(H,30,33)/t24?,25-,26+,27+/m1/s1. The Bertz CT molecular complexity index is 919. The van der Waals surface area contributed by atoms with E-state index in [1.54, 1.807) is 13.8 Å². The van der Waals surface area contributed by atoms with Gasteiger partial charge in [0.1, 0.15) is 24.9 Å². The van der Waals surface area contributed by atoms with Gasteiger partial charge in [-0.25, -0.2) is 9.59 Å². The SMILES string of the molecule is C=C(C)COC[C@@H](O)[C@H](OCC(=C)C)[C@H](COCC(NC(=O)OCc1ccccc1)C(=O)OC)OCC(=C)C. The van der Waals surface area contributed by atoms with Gasteiger partial charge in [-0.15, -0.1) is 0 Å². The van der Waals surface area contributed by atoms with E-state index in [0.29, 0.717) is 0 Å². The van der Waals surface area contributed by atoms with Crippen molar-refractivity contribution in [1.29, 1.82) is 0 Å². The second-order valence-corrected chi connectivity index (χ2v) is 9.40. The second-order valence-electron chi connectivity index (χ2n) is 9.40. The third-order valence-corrected chi connectivity index (χ3v) is 5.01. The van der Waals surface area contributed by atoms with Crippen molar-refractivity contribution in [3.8, 4) is 0 Å². The molecule has 10 heteroatoms. The molecule has 0 bridgehead atoms. The van der Waals surface area contributed by atoms with Crippen molar-refractivity contribution in [3.05, 3.63) is 72.4 Å².